The first-order valence-corrected chi connectivity index (χ1v) is 12.1. The van der Waals surface area contributed by atoms with E-state index in [4.69, 9.17) is 0 Å². The zero-order chi connectivity index (χ0) is 24.1. The fourth-order valence-corrected chi connectivity index (χ4v) is 5.25. The van der Waals surface area contributed by atoms with Gasteiger partial charge in [-0.15, -0.1) is 0 Å². The molecule has 0 bridgehead atoms. The highest BCUT2D eigenvalue weighted by Crippen LogP contribution is 2.57. The number of hydrogen-bond donors (Lipinski definition) is 1. The van der Waals surface area contributed by atoms with Gasteiger partial charge in [0, 0.05) is 18.3 Å². The van der Waals surface area contributed by atoms with Crippen LogP contribution in [-0.2, 0) is 5.41 Å². The minimum absolute atomic E-state index is 0.383. The molecule has 0 saturated carbocycles. The lowest BCUT2D eigenvalue weighted by Crippen LogP contribution is -2.28. The van der Waals surface area contributed by atoms with Crippen molar-refractivity contribution in [1.29, 1.82) is 0 Å². The first-order chi connectivity index (χ1) is 16.7. The van der Waals surface area contributed by atoms with Crippen LogP contribution in [-0.4, -0.2) is 7.05 Å². The van der Waals surface area contributed by atoms with Gasteiger partial charge in [-0.3, -0.25) is 0 Å². The Morgan fingerprint density at radius 2 is 1.29 bits per heavy atom. The van der Waals surface area contributed by atoms with E-state index in [1.165, 1.54) is 33.4 Å². The fraction of sp³-hybridized carbons (Fsp3) is 0.152. The third-order valence-corrected chi connectivity index (χ3v) is 6.58. The minimum Gasteiger partial charge on any atom is -0.388 e. The lowest BCUT2D eigenvalue weighted by Gasteiger charge is -2.34. The van der Waals surface area contributed by atoms with Crippen LogP contribution in [0.15, 0.2) is 116 Å². The van der Waals surface area contributed by atoms with Crippen molar-refractivity contribution in [2.24, 2.45) is 0 Å². The maximum Gasteiger partial charge on any atom is 0.0713 e. The van der Waals surface area contributed by atoms with Crippen LogP contribution in [0.1, 0.15) is 48.6 Å². The number of anilines is 1. The molecular weight excluding hydrogens is 410 g/mol. The predicted octanol–water partition coefficient (Wildman–Crippen LogP) is 8.71. The maximum atomic E-state index is 4.36. The van der Waals surface area contributed by atoms with Gasteiger partial charge in [0.15, 0.2) is 0 Å². The molecule has 4 aromatic rings. The SMILES string of the molecule is C=C(/C=C\C)c1cc2c(cc1NC)-c1ccccc1C2(c1ccccc1)c1ccccc1.CC. The van der Waals surface area contributed by atoms with Gasteiger partial charge in [0.25, 0.3) is 0 Å². The average Bonchev–Trinajstić information content (AvgIpc) is 3.20. The summed E-state index contributed by atoms with van der Waals surface area (Å²) in [5.74, 6) is 0. The Balaban J connectivity index is 0.00000133. The molecule has 0 amide bonds. The molecule has 0 aliphatic heterocycles. The Labute approximate surface area is 204 Å². The Kier molecular flexibility index (Phi) is 6.84. The van der Waals surface area contributed by atoms with E-state index in [-0.39, 0.29) is 5.41 Å². The number of rotatable bonds is 5. The van der Waals surface area contributed by atoms with E-state index in [1.807, 2.05) is 33.9 Å². The Morgan fingerprint density at radius 1 is 0.735 bits per heavy atom. The van der Waals surface area contributed by atoms with Crippen molar-refractivity contribution in [3.8, 4) is 11.1 Å². The Hall–Kier alpha value is -3.84. The Bertz CT molecular complexity index is 1270. The van der Waals surface area contributed by atoms with Gasteiger partial charge in [0.05, 0.1) is 5.41 Å². The molecule has 5 rings (SSSR count). The molecule has 0 spiro atoms. The smallest absolute Gasteiger partial charge is 0.0713 e. The number of hydrogen-bond acceptors (Lipinski definition) is 1. The molecule has 0 saturated heterocycles. The van der Waals surface area contributed by atoms with E-state index < -0.39 is 0 Å². The van der Waals surface area contributed by atoms with Gasteiger partial charge in [-0.25, -0.2) is 0 Å². The second-order valence-corrected chi connectivity index (χ2v) is 8.25. The van der Waals surface area contributed by atoms with E-state index >= 15 is 0 Å². The van der Waals surface area contributed by atoms with Crippen molar-refractivity contribution >= 4 is 11.3 Å². The first-order valence-electron chi connectivity index (χ1n) is 12.1. The van der Waals surface area contributed by atoms with Crippen LogP contribution in [0.3, 0.4) is 0 Å². The lowest BCUT2D eigenvalue weighted by molar-refractivity contribution is 0.768. The summed E-state index contributed by atoms with van der Waals surface area (Å²) in [4.78, 5) is 0. The maximum absolute atomic E-state index is 4.36. The number of allylic oxidation sites excluding steroid dienone is 3. The van der Waals surface area contributed by atoms with Crippen LogP contribution in [0.2, 0.25) is 0 Å². The summed E-state index contributed by atoms with van der Waals surface area (Å²) in [6, 6.07) is 35.2. The van der Waals surface area contributed by atoms with Gasteiger partial charge in [-0.1, -0.05) is 118 Å². The summed E-state index contributed by atoms with van der Waals surface area (Å²) in [6.07, 6.45) is 4.13. The third-order valence-electron chi connectivity index (χ3n) is 6.58. The molecule has 0 fully saturated rings. The fourth-order valence-electron chi connectivity index (χ4n) is 5.25. The largest absolute Gasteiger partial charge is 0.388 e. The average molecular weight is 444 g/mol. The van der Waals surface area contributed by atoms with E-state index in [1.54, 1.807) is 0 Å². The van der Waals surface area contributed by atoms with E-state index in [9.17, 15) is 0 Å². The zero-order valence-electron chi connectivity index (χ0n) is 20.6. The van der Waals surface area contributed by atoms with Gasteiger partial charge < -0.3 is 5.32 Å². The highest BCUT2D eigenvalue weighted by Gasteiger charge is 2.46. The molecule has 0 unspecified atom stereocenters. The predicted molar refractivity (Wildman–Crippen MR) is 148 cm³/mol. The molecule has 0 heterocycles. The topological polar surface area (TPSA) is 12.0 Å². The van der Waals surface area contributed by atoms with Crippen LogP contribution >= 0.6 is 0 Å². The summed E-state index contributed by atoms with van der Waals surface area (Å²) in [6.45, 7) is 10.4. The molecule has 1 heteroatoms. The van der Waals surface area contributed by atoms with Crippen molar-refractivity contribution in [2.45, 2.75) is 26.2 Å². The van der Waals surface area contributed by atoms with Gasteiger partial charge in [-0.2, -0.15) is 0 Å². The quantitative estimate of drug-likeness (QED) is 0.268. The van der Waals surface area contributed by atoms with Crippen molar-refractivity contribution in [1.82, 2.24) is 0 Å². The van der Waals surface area contributed by atoms with Crippen molar-refractivity contribution in [3.05, 3.63) is 144 Å². The van der Waals surface area contributed by atoms with Gasteiger partial charge in [-0.05, 0) is 58.0 Å². The molecule has 1 aliphatic carbocycles. The summed E-state index contributed by atoms with van der Waals surface area (Å²) < 4.78 is 0. The van der Waals surface area contributed by atoms with Crippen LogP contribution in [0.4, 0.5) is 5.69 Å². The molecule has 4 aromatic carbocycles. The first kappa shape index (κ1) is 23.3. The van der Waals surface area contributed by atoms with Crippen LogP contribution in [0, 0.1) is 0 Å². The molecular formula is C33H33N. The number of nitrogens with one attached hydrogen (secondary N) is 1. The Morgan fingerprint density at radius 3 is 1.85 bits per heavy atom. The number of fused-ring (bicyclic) bond motifs is 3. The zero-order valence-corrected chi connectivity index (χ0v) is 20.6. The second kappa shape index (κ2) is 9.97. The summed E-state index contributed by atoms with van der Waals surface area (Å²) in [5.41, 5.74) is 10.6. The second-order valence-electron chi connectivity index (χ2n) is 8.25. The number of benzene rings is 4. The van der Waals surface area contributed by atoms with Crippen LogP contribution in [0.5, 0.6) is 0 Å². The summed E-state index contributed by atoms with van der Waals surface area (Å²) in [5, 5.41) is 3.41. The molecule has 1 N–H and O–H groups in total. The molecule has 170 valence electrons. The van der Waals surface area contributed by atoms with Crippen molar-refractivity contribution in [2.75, 3.05) is 12.4 Å². The monoisotopic (exact) mass is 443 g/mol. The summed E-state index contributed by atoms with van der Waals surface area (Å²) >= 11 is 0. The molecule has 0 radical (unpaired) electrons. The van der Waals surface area contributed by atoms with Gasteiger partial charge in [0.1, 0.15) is 0 Å². The highest BCUT2D eigenvalue weighted by molar-refractivity contribution is 5.92. The summed E-state index contributed by atoms with van der Waals surface area (Å²) in [7, 11) is 1.98. The molecule has 0 aromatic heterocycles. The highest BCUT2D eigenvalue weighted by atomic mass is 14.8. The van der Waals surface area contributed by atoms with Gasteiger partial charge in [0.2, 0.25) is 0 Å². The van der Waals surface area contributed by atoms with Crippen LogP contribution < -0.4 is 5.32 Å². The lowest BCUT2D eigenvalue weighted by atomic mass is 9.67. The molecule has 0 atom stereocenters. The van der Waals surface area contributed by atoms with E-state index in [0.29, 0.717) is 0 Å². The normalized spacial score (nSPS) is 12.9. The molecule has 34 heavy (non-hydrogen) atoms. The van der Waals surface area contributed by atoms with E-state index in [2.05, 4.69) is 115 Å². The standard InChI is InChI=1S/C31H27N.C2H6/c1-4-13-22(2)26-20-29-27(21-30(26)32-3)25-18-11-12-19-28(25)31(29,23-14-7-5-8-15-23)24-16-9-6-10-17-24;1-2/h4-21,32H,2H2,1,3H3;1-2H3/b13-4-;. The van der Waals surface area contributed by atoms with Crippen LogP contribution in [0.25, 0.3) is 16.7 Å². The third kappa shape index (κ3) is 3.58. The van der Waals surface area contributed by atoms with Crippen molar-refractivity contribution < 1.29 is 0 Å². The molecule has 1 aliphatic rings. The van der Waals surface area contributed by atoms with E-state index in [0.717, 1.165) is 16.8 Å². The van der Waals surface area contributed by atoms with Gasteiger partial charge >= 0.3 is 0 Å². The van der Waals surface area contributed by atoms with Crippen molar-refractivity contribution in [3.63, 3.8) is 0 Å². The molecule has 1 nitrogen and oxygen atoms in total. The minimum atomic E-state index is -0.383.